The topological polar surface area (TPSA) is 74.7 Å². The second-order valence-corrected chi connectivity index (χ2v) is 6.04. The van der Waals surface area contributed by atoms with Crippen molar-refractivity contribution in [2.45, 2.75) is 12.5 Å². The Kier molecular flexibility index (Phi) is 5.98. The zero-order valence-corrected chi connectivity index (χ0v) is 14.1. The third-order valence-corrected chi connectivity index (χ3v) is 4.26. The van der Waals surface area contributed by atoms with Crippen molar-refractivity contribution in [3.8, 4) is 0 Å². The van der Waals surface area contributed by atoms with Gasteiger partial charge in [0.2, 0.25) is 5.91 Å². The van der Waals surface area contributed by atoms with Crippen LogP contribution in [-0.4, -0.2) is 48.8 Å². The lowest BCUT2D eigenvalue weighted by atomic mass is 10.1. The van der Waals surface area contributed by atoms with Crippen LogP contribution in [0, 0.1) is 0 Å². The van der Waals surface area contributed by atoms with Gasteiger partial charge in [0.25, 0.3) is 0 Å². The number of carbonyl (C=O) groups is 1. The molecule has 132 valence electrons. The van der Waals surface area contributed by atoms with Crippen molar-refractivity contribution in [3.63, 3.8) is 0 Å². The Morgan fingerprint density at radius 2 is 1.84 bits per heavy atom. The van der Waals surface area contributed by atoms with Crippen LogP contribution >= 0.6 is 0 Å². The summed E-state index contributed by atoms with van der Waals surface area (Å²) in [6.45, 7) is 3.45. The van der Waals surface area contributed by atoms with E-state index < -0.39 is 6.10 Å². The molecule has 1 unspecified atom stereocenters. The monoisotopic (exact) mass is 341 g/mol. The molecule has 1 saturated heterocycles. The van der Waals surface area contributed by atoms with Crippen LogP contribution in [0.1, 0.15) is 17.2 Å². The van der Waals surface area contributed by atoms with Gasteiger partial charge < -0.3 is 20.1 Å². The van der Waals surface area contributed by atoms with Crippen molar-refractivity contribution in [1.29, 1.82) is 0 Å². The molecule has 2 aromatic rings. The number of pyridine rings is 1. The SMILES string of the molecule is O=C(Cc1ccncc1)NCC(O)c1ccc(N2CCOCC2)cc1. The van der Waals surface area contributed by atoms with Gasteiger partial charge in [-0.05, 0) is 35.4 Å². The molecule has 2 N–H and O–H groups in total. The molecular weight excluding hydrogens is 318 g/mol. The molecule has 1 fully saturated rings. The van der Waals surface area contributed by atoms with E-state index >= 15 is 0 Å². The van der Waals surface area contributed by atoms with Gasteiger partial charge in [-0.2, -0.15) is 0 Å². The Hall–Kier alpha value is -2.44. The zero-order chi connectivity index (χ0) is 17.5. The molecule has 3 rings (SSSR count). The molecule has 6 heteroatoms. The molecule has 25 heavy (non-hydrogen) atoms. The lowest BCUT2D eigenvalue weighted by Crippen LogP contribution is -2.36. The lowest BCUT2D eigenvalue weighted by Gasteiger charge is -2.29. The minimum absolute atomic E-state index is 0.116. The number of hydrogen-bond acceptors (Lipinski definition) is 5. The zero-order valence-electron chi connectivity index (χ0n) is 14.1. The van der Waals surface area contributed by atoms with Crippen LogP contribution < -0.4 is 10.2 Å². The Morgan fingerprint density at radius 1 is 1.16 bits per heavy atom. The molecule has 6 nitrogen and oxygen atoms in total. The van der Waals surface area contributed by atoms with E-state index in [1.165, 1.54) is 0 Å². The highest BCUT2D eigenvalue weighted by Crippen LogP contribution is 2.20. The third-order valence-electron chi connectivity index (χ3n) is 4.26. The van der Waals surface area contributed by atoms with Crippen molar-refractivity contribution in [2.24, 2.45) is 0 Å². The lowest BCUT2D eigenvalue weighted by molar-refractivity contribution is -0.120. The Balaban J connectivity index is 1.49. The number of benzene rings is 1. The van der Waals surface area contributed by atoms with Crippen LogP contribution in [0.15, 0.2) is 48.8 Å². The van der Waals surface area contributed by atoms with E-state index in [4.69, 9.17) is 4.74 Å². The highest BCUT2D eigenvalue weighted by molar-refractivity contribution is 5.78. The van der Waals surface area contributed by atoms with E-state index in [-0.39, 0.29) is 18.9 Å². The average Bonchev–Trinajstić information content (AvgIpc) is 2.68. The van der Waals surface area contributed by atoms with E-state index in [0.717, 1.165) is 43.1 Å². The number of nitrogens with one attached hydrogen (secondary N) is 1. The first-order chi connectivity index (χ1) is 12.2. The smallest absolute Gasteiger partial charge is 0.224 e. The van der Waals surface area contributed by atoms with Gasteiger partial charge in [-0.3, -0.25) is 9.78 Å². The fourth-order valence-electron chi connectivity index (χ4n) is 2.81. The number of anilines is 1. The van der Waals surface area contributed by atoms with Gasteiger partial charge in [0.05, 0.1) is 25.7 Å². The van der Waals surface area contributed by atoms with Gasteiger partial charge in [-0.25, -0.2) is 0 Å². The molecule has 0 radical (unpaired) electrons. The van der Waals surface area contributed by atoms with Gasteiger partial charge in [0.15, 0.2) is 0 Å². The van der Waals surface area contributed by atoms with Crippen LogP contribution in [0.25, 0.3) is 0 Å². The van der Waals surface area contributed by atoms with Crippen molar-refractivity contribution >= 4 is 11.6 Å². The molecule has 1 aliphatic heterocycles. The molecule has 1 atom stereocenters. The molecule has 0 saturated carbocycles. The second-order valence-electron chi connectivity index (χ2n) is 6.04. The summed E-state index contributed by atoms with van der Waals surface area (Å²) in [5.41, 5.74) is 2.82. The molecule has 1 aromatic heterocycles. The van der Waals surface area contributed by atoms with Crippen molar-refractivity contribution in [1.82, 2.24) is 10.3 Å². The van der Waals surface area contributed by atoms with E-state index in [9.17, 15) is 9.90 Å². The van der Waals surface area contributed by atoms with Crippen molar-refractivity contribution in [3.05, 3.63) is 59.9 Å². The van der Waals surface area contributed by atoms with Gasteiger partial charge in [0, 0.05) is 37.7 Å². The molecule has 1 aromatic carbocycles. The largest absolute Gasteiger partial charge is 0.387 e. The number of morpholine rings is 1. The quantitative estimate of drug-likeness (QED) is 0.829. The number of hydrogen-bond donors (Lipinski definition) is 2. The van der Waals surface area contributed by atoms with Crippen LogP contribution in [-0.2, 0) is 16.0 Å². The van der Waals surface area contributed by atoms with Gasteiger partial charge in [-0.15, -0.1) is 0 Å². The normalized spacial score (nSPS) is 15.6. The Labute approximate surface area is 147 Å². The summed E-state index contributed by atoms with van der Waals surface area (Å²) < 4.78 is 5.35. The summed E-state index contributed by atoms with van der Waals surface area (Å²) in [5, 5.41) is 13.0. The molecule has 1 amide bonds. The van der Waals surface area contributed by atoms with Crippen LogP contribution in [0.5, 0.6) is 0 Å². The maximum atomic E-state index is 11.9. The second kappa shape index (κ2) is 8.60. The van der Waals surface area contributed by atoms with Crippen molar-refractivity contribution in [2.75, 3.05) is 37.7 Å². The number of aliphatic hydroxyl groups excluding tert-OH is 1. The van der Waals surface area contributed by atoms with E-state index in [2.05, 4.69) is 15.2 Å². The maximum absolute atomic E-state index is 11.9. The standard InChI is InChI=1S/C19H23N3O3/c23-18(14-21-19(24)13-15-5-7-20-8-6-15)16-1-3-17(4-2-16)22-9-11-25-12-10-22/h1-8,18,23H,9-14H2,(H,21,24). The first-order valence-electron chi connectivity index (χ1n) is 8.49. The van der Waals surface area contributed by atoms with Crippen LogP contribution in [0.2, 0.25) is 0 Å². The highest BCUT2D eigenvalue weighted by atomic mass is 16.5. The predicted molar refractivity (Wildman–Crippen MR) is 95.4 cm³/mol. The average molecular weight is 341 g/mol. The number of carbonyl (C=O) groups excluding carboxylic acids is 1. The van der Waals surface area contributed by atoms with Crippen molar-refractivity contribution < 1.29 is 14.6 Å². The van der Waals surface area contributed by atoms with Gasteiger partial charge in [-0.1, -0.05) is 12.1 Å². The molecule has 0 aliphatic carbocycles. The number of rotatable bonds is 6. The number of aromatic nitrogens is 1. The number of ether oxygens (including phenoxy) is 1. The van der Waals surface area contributed by atoms with Gasteiger partial charge in [0.1, 0.15) is 0 Å². The summed E-state index contributed by atoms with van der Waals surface area (Å²) in [7, 11) is 0. The third kappa shape index (κ3) is 5.01. The number of amides is 1. The molecule has 0 spiro atoms. The highest BCUT2D eigenvalue weighted by Gasteiger charge is 2.13. The maximum Gasteiger partial charge on any atom is 0.224 e. The minimum atomic E-state index is -0.722. The molecule has 0 bridgehead atoms. The minimum Gasteiger partial charge on any atom is -0.387 e. The number of aliphatic hydroxyl groups is 1. The van der Waals surface area contributed by atoms with Crippen LogP contribution in [0.4, 0.5) is 5.69 Å². The first-order valence-corrected chi connectivity index (χ1v) is 8.49. The van der Waals surface area contributed by atoms with E-state index in [1.807, 2.05) is 24.3 Å². The summed E-state index contributed by atoms with van der Waals surface area (Å²) in [5.74, 6) is -0.116. The summed E-state index contributed by atoms with van der Waals surface area (Å²) >= 11 is 0. The Morgan fingerprint density at radius 3 is 2.52 bits per heavy atom. The summed E-state index contributed by atoms with van der Waals surface area (Å²) in [6, 6.07) is 11.4. The molecule has 1 aliphatic rings. The summed E-state index contributed by atoms with van der Waals surface area (Å²) in [4.78, 5) is 18.1. The van der Waals surface area contributed by atoms with E-state index in [1.54, 1.807) is 24.5 Å². The first kappa shape index (κ1) is 17.4. The fraction of sp³-hybridized carbons (Fsp3) is 0.368. The molecule has 2 heterocycles. The summed E-state index contributed by atoms with van der Waals surface area (Å²) in [6.07, 6.45) is 2.88. The molecular formula is C19H23N3O3. The fourth-order valence-corrected chi connectivity index (χ4v) is 2.81. The number of nitrogens with zero attached hydrogens (tertiary/aromatic N) is 2. The Bertz CT molecular complexity index is 670. The van der Waals surface area contributed by atoms with E-state index in [0.29, 0.717) is 0 Å². The predicted octanol–water partition coefficient (Wildman–Crippen LogP) is 1.31. The van der Waals surface area contributed by atoms with Gasteiger partial charge >= 0.3 is 0 Å². The van der Waals surface area contributed by atoms with Crippen LogP contribution in [0.3, 0.4) is 0 Å².